The first kappa shape index (κ1) is 11.0. The highest BCUT2D eigenvalue weighted by Crippen LogP contribution is 2.54. The van der Waals surface area contributed by atoms with E-state index in [4.69, 9.17) is 0 Å². The second-order valence-electron chi connectivity index (χ2n) is 5.83. The van der Waals surface area contributed by atoms with Crippen LogP contribution in [0, 0.1) is 17.8 Å². The van der Waals surface area contributed by atoms with Crippen LogP contribution in [0.2, 0.25) is 0 Å². The molecule has 0 saturated heterocycles. The van der Waals surface area contributed by atoms with Gasteiger partial charge in [0.1, 0.15) is 0 Å². The molecule has 4 rings (SSSR count). The fraction of sp³-hybridized carbons (Fsp3) is 0.375. The van der Waals surface area contributed by atoms with Gasteiger partial charge in [-0.2, -0.15) is 0 Å². The summed E-state index contributed by atoms with van der Waals surface area (Å²) in [5.74, 6) is 2.07. The quantitative estimate of drug-likeness (QED) is 0.891. The first-order chi connectivity index (χ1) is 9.29. The van der Waals surface area contributed by atoms with Gasteiger partial charge in [0, 0.05) is 11.3 Å². The number of pyridine rings is 1. The van der Waals surface area contributed by atoms with Gasteiger partial charge < -0.3 is 5.32 Å². The van der Waals surface area contributed by atoms with Crippen molar-refractivity contribution >= 4 is 22.5 Å². The molecule has 0 aliphatic heterocycles. The zero-order chi connectivity index (χ0) is 12.8. The van der Waals surface area contributed by atoms with Gasteiger partial charge in [-0.3, -0.25) is 9.78 Å². The summed E-state index contributed by atoms with van der Waals surface area (Å²) >= 11 is 0. The Kier molecular flexibility index (Phi) is 2.34. The molecule has 2 aliphatic rings. The van der Waals surface area contributed by atoms with Gasteiger partial charge in [-0.15, -0.1) is 0 Å². The monoisotopic (exact) mass is 252 g/mol. The Morgan fingerprint density at radius 1 is 1.16 bits per heavy atom. The summed E-state index contributed by atoms with van der Waals surface area (Å²) in [5.41, 5.74) is 1.77. The predicted octanol–water partition coefficient (Wildman–Crippen LogP) is 3.22. The lowest BCUT2D eigenvalue weighted by atomic mass is 10.0. The molecule has 1 aromatic heterocycles. The van der Waals surface area contributed by atoms with Crippen LogP contribution in [0.4, 0.5) is 5.69 Å². The molecule has 1 heterocycles. The fourth-order valence-electron chi connectivity index (χ4n) is 3.31. The van der Waals surface area contributed by atoms with Crippen molar-refractivity contribution in [3.05, 3.63) is 36.5 Å². The number of rotatable bonds is 2. The van der Waals surface area contributed by atoms with Crippen LogP contribution in [0.5, 0.6) is 0 Å². The minimum atomic E-state index is 0.171. The molecule has 1 aromatic carbocycles. The van der Waals surface area contributed by atoms with E-state index in [0.717, 1.165) is 41.3 Å². The molecule has 96 valence electrons. The Morgan fingerprint density at radius 2 is 1.95 bits per heavy atom. The summed E-state index contributed by atoms with van der Waals surface area (Å²) in [5, 5.41) is 4.08. The summed E-state index contributed by atoms with van der Waals surface area (Å²) < 4.78 is 0. The second-order valence-corrected chi connectivity index (χ2v) is 5.83. The SMILES string of the molecule is O=C(Nc1cnc2ccccc2c1)C1CC2CC2C1. The lowest BCUT2D eigenvalue weighted by molar-refractivity contribution is -0.120. The van der Waals surface area contributed by atoms with Gasteiger partial charge in [0.05, 0.1) is 17.4 Å². The summed E-state index contributed by atoms with van der Waals surface area (Å²) in [6.45, 7) is 0. The number of para-hydroxylation sites is 1. The standard InChI is InChI=1S/C16H16N2O/c19-16(13-6-11-5-12(11)7-13)18-14-8-10-3-1-2-4-15(10)17-9-14/h1-4,8-9,11-13H,5-7H2,(H,18,19). The summed E-state index contributed by atoms with van der Waals surface area (Å²) in [6, 6.07) is 9.95. The first-order valence-corrected chi connectivity index (χ1v) is 6.95. The van der Waals surface area contributed by atoms with Gasteiger partial charge in [0.25, 0.3) is 0 Å². The number of anilines is 1. The Labute approximate surface area is 112 Å². The Bertz CT molecular complexity index is 642. The molecule has 2 saturated carbocycles. The smallest absolute Gasteiger partial charge is 0.227 e. The number of amides is 1. The van der Waals surface area contributed by atoms with Crippen LogP contribution in [0.25, 0.3) is 10.9 Å². The summed E-state index contributed by atoms with van der Waals surface area (Å²) in [4.78, 5) is 16.5. The van der Waals surface area contributed by atoms with E-state index in [1.165, 1.54) is 6.42 Å². The zero-order valence-electron chi connectivity index (χ0n) is 10.7. The Morgan fingerprint density at radius 3 is 2.79 bits per heavy atom. The van der Waals surface area contributed by atoms with Crippen molar-refractivity contribution in [2.24, 2.45) is 17.8 Å². The molecular weight excluding hydrogens is 236 g/mol. The van der Waals surface area contributed by atoms with E-state index in [1.807, 2.05) is 30.3 Å². The molecule has 0 spiro atoms. The minimum Gasteiger partial charge on any atom is -0.324 e. The number of aromatic nitrogens is 1. The normalized spacial score (nSPS) is 28.1. The molecule has 2 aliphatic carbocycles. The Balaban J connectivity index is 1.52. The topological polar surface area (TPSA) is 42.0 Å². The highest BCUT2D eigenvalue weighted by atomic mass is 16.1. The van der Waals surface area contributed by atoms with Crippen LogP contribution in [0.3, 0.4) is 0 Å². The van der Waals surface area contributed by atoms with Gasteiger partial charge >= 0.3 is 0 Å². The van der Waals surface area contributed by atoms with Crippen LogP contribution < -0.4 is 5.32 Å². The van der Waals surface area contributed by atoms with Gasteiger partial charge in [-0.1, -0.05) is 18.2 Å². The van der Waals surface area contributed by atoms with Crippen molar-refractivity contribution in [3.63, 3.8) is 0 Å². The molecule has 3 nitrogen and oxygen atoms in total. The largest absolute Gasteiger partial charge is 0.324 e. The maximum Gasteiger partial charge on any atom is 0.227 e. The van der Waals surface area contributed by atoms with Crippen molar-refractivity contribution in [3.8, 4) is 0 Å². The van der Waals surface area contributed by atoms with Gasteiger partial charge in [-0.05, 0) is 43.2 Å². The van der Waals surface area contributed by atoms with Crippen LogP contribution >= 0.6 is 0 Å². The molecule has 2 fully saturated rings. The average molecular weight is 252 g/mol. The summed E-state index contributed by atoms with van der Waals surface area (Å²) in [7, 11) is 0. The fourth-order valence-corrected chi connectivity index (χ4v) is 3.31. The number of nitrogens with one attached hydrogen (secondary N) is 1. The van der Waals surface area contributed by atoms with Crippen LogP contribution in [0.15, 0.2) is 36.5 Å². The molecule has 0 bridgehead atoms. The van der Waals surface area contributed by atoms with E-state index in [2.05, 4.69) is 10.3 Å². The highest BCUT2D eigenvalue weighted by Gasteiger charge is 2.47. The van der Waals surface area contributed by atoms with Crippen LogP contribution in [-0.4, -0.2) is 10.9 Å². The third kappa shape index (κ3) is 1.99. The highest BCUT2D eigenvalue weighted by molar-refractivity contribution is 5.94. The molecule has 19 heavy (non-hydrogen) atoms. The van der Waals surface area contributed by atoms with Crippen molar-refractivity contribution in [1.82, 2.24) is 4.98 Å². The number of carbonyl (C=O) groups excluding carboxylic acids is 1. The van der Waals surface area contributed by atoms with Gasteiger partial charge in [0.2, 0.25) is 5.91 Å². The molecule has 2 aromatic rings. The van der Waals surface area contributed by atoms with Gasteiger partial charge in [0.15, 0.2) is 0 Å². The van der Waals surface area contributed by atoms with Crippen LogP contribution in [0.1, 0.15) is 19.3 Å². The minimum absolute atomic E-state index is 0.171. The molecule has 3 heteroatoms. The van der Waals surface area contributed by atoms with E-state index in [-0.39, 0.29) is 11.8 Å². The van der Waals surface area contributed by atoms with Crippen molar-refractivity contribution in [2.75, 3.05) is 5.32 Å². The maximum absolute atomic E-state index is 12.2. The van der Waals surface area contributed by atoms with Crippen molar-refractivity contribution in [1.29, 1.82) is 0 Å². The molecule has 2 atom stereocenters. The van der Waals surface area contributed by atoms with E-state index >= 15 is 0 Å². The molecule has 0 radical (unpaired) electrons. The third-order valence-corrected chi connectivity index (χ3v) is 4.47. The third-order valence-electron chi connectivity index (χ3n) is 4.47. The maximum atomic E-state index is 12.2. The van der Waals surface area contributed by atoms with E-state index < -0.39 is 0 Å². The predicted molar refractivity (Wildman–Crippen MR) is 74.7 cm³/mol. The lowest BCUT2D eigenvalue weighted by Gasteiger charge is -2.12. The number of benzene rings is 1. The summed E-state index contributed by atoms with van der Waals surface area (Å²) in [6.07, 6.45) is 5.26. The average Bonchev–Trinajstić information content (AvgIpc) is 3.05. The number of fused-ring (bicyclic) bond motifs is 2. The van der Waals surface area contributed by atoms with Crippen LogP contribution in [-0.2, 0) is 4.79 Å². The molecular formula is C16H16N2O. The lowest BCUT2D eigenvalue weighted by Crippen LogP contribution is -2.21. The van der Waals surface area contributed by atoms with Crippen molar-refractivity contribution in [2.45, 2.75) is 19.3 Å². The van der Waals surface area contributed by atoms with Gasteiger partial charge in [-0.25, -0.2) is 0 Å². The molecule has 1 N–H and O–H groups in total. The molecule has 1 amide bonds. The zero-order valence-corrected chi connectivity index (χ0v) is 10.7. The number of hydrogen-bond acceptors (Lipinski definition) is 2. The number of hydrogen-bond donors (Lipinski definition) is 1. The van der Waals surface area contributed by atoms with E-state index in [1.54, 1.807) is 6.20 Å². The Hall–Kier alpha value is -1.90. The molecule has 2 unspecified atom stereocenters. The number of carbonyl (C=O) groups is 1. The first-order valence-electron chi connectivity index (χ1n) is 6.95. The second kappa shape index (κ2) is 4.05. The number of nitrogens with zero attached hydrogens (tertiary/aromatic N) is 1. The van der Waals surface area contributed by atoms with Crippen molar-refractivity contribution < 1.29 is 4.79 Å². The van der Waals surface area contributed by atoms with E-state index in [0.29, 0.717) is 0 Å². The van der Waals surface area contributed by atoms with E-state index in [9.17, 15) is 4.79 Å².